The molecule has 2 aromatic heterocycles. The molecular weight excluding hydrogens is 330 g/mol. The van der Waals surface area contributed by atoms with Crippen LogP contribution in [0.4, 0.5) is 4.79 Å². The summed E-state index contributed by atoms with van der Waals surface area (Å²) in [4.78, 5) is 14.7. The molecule has 142 valence electrons. The summed E-state index contributed by atoms with van der Waals surface area (Å²) in [5, 5.41) is 9.00. The van der Waals surface area contributed by atoms with Crippen LogP contribution >= 0.6 is 0 Å². The number of hydrogen-bond acceptors (Lipinski definition) is 4. The fraction of sp³-hybridized carbons (Fsp3) is 0.632. The van der Waals surface area contributed by atoms with Gasteiger partial charge in [-0.05, 0) is 46.6 Å². The van der Waals surface area contributed by atoms with Gasteiger partial charge in [0.05, 0.1) is 17.4 Å². The molecule has 2 unspecified atom stereocenters. The zero-order valence-corrected chi connectivity index (χ0v) is 16.8. The molecule has 1 saturated heterocycles. The molecule has 0 spiro atoms. The summed E-state index contributed by atoms with van der Waals surface area (Å²) in [5.41, 5.74) is 3.69. The molecule has 7 heteroatoms. The predicted octanol–water partition coefficient (Wildman–Crippen LogP) is 3.24. The fourth-order valence-corrected chi connectivity index (χ4v) is 3.92. The van der Waals surface area contributed by atoms with Gasteiger partial charge in [0.1, 0.15) is 5.60 Å². The fourth-order valence-electron chi connectivity index (χ4n) is 3.92. The highest BCUT2D eigenvalue weighted by atomic mass is 16.6. The van der Waals surface area contributed by atoms with Gasteiger partial charge in [0.2, 0.25) is 0 Å². The van der Waals surface area contributed by atoms with Crippen LogP contribution in [0, 0.1) is 13.8 Å². The van der Waals surface area contributed by atoms with Gasteiger partial charge < -0.3 is 9.64 Å². The van der Waals surface area contributed by atoms with Crippen LogP contribution in [0.1, 0.15) is 61.7 Å². The number of aryl methyl sites for hydroxylation is 4. The Morgan fingerprint density at radius 1 is 1.08 bits per heavy atom. The third-order valence-electron chi connectivity index (χ3n) is 4.85. The van der Waals surface area contributed by atoms with Crippen molar-refractivity contribution in [3.63, 3.8) is 0 Å². The molecule has 0 N–H and O–H groups in total. The maximum Gasteiger partial charge on any atom is 0.410 e. The van der Waals surface area contributed by atoms with E-state index in [0.717, 1.165) is 23.4 Å². The van der Waals surface area contributed by atoms with Crippen molar-refractivity contribution in [3.8, 4) is 0 Å². The van der Waals surface area contributed by atoms with Crippen LogP contribution in [0.5, 0.6) is 0 Å². The van der Waals surface area contributed by atoms with Crippen molar-refractivity contribution < 1.29 is 9.53 Å². The molecule has 2 aromatic rings. The Morgan fingerprint density at radius 2 is 1.62 bits per heavy atom. The van der Waals surface area contributed by atoms with Crippen LogP contribution in [0.15, 0.2) is 12.4 Å². The average molecular weight is 359 g/mol. The molecule has 0 aliphatic carbocycles. The molecule has 7 nitrogen and oxygen atoms in total. The molecule has 1 fully saturated rings. The summed E-state index contributed by atoms with van der Waals surface area (Å²) >= 11 is 0. The number of nitrogens with zero attached hydrogens (tertiary/aromatic N) is 5. The van der Waals surface area contributed by atoms with E-state index in [0.29, 0.717) is 6.54 Å². The van der Waals surface area contributed by atoms with Gasteiger partial charge in [-0.3, -0.25) is 9.36 Å². The standard InChI is InChI=1S/C19H29N5O2/c1-12-15(10-22(6)20-12)14-8-9-24(18(25)26-19(3,4)5)17(14)16-11-23(7)21-13(16)2/h10-11,14,17H,8-9H2,1-7H3. The second-order valence-electron chi connectivity index (χ2n) is 8.20. The van der Waals surface area contributed by atoms with E-state index in [-0.39, 0.29) is 18.1 Å². The number of aromatic nitrogens is 4. The third-order valence-corrected chi connectivity index (χ3v) is 4.85. The summed E-state index contributed by atoms with van der Waals surface area (Å²) in [7, 11) is 3.84. The lowest BCUT2D eigenvalue weighted by Crippen LogP contribution is -2.37. The first kappa shape index (κ1) is 18.5. The lowest BCUT2D eigenvalue weighted by Gasteiger charge is -2.30. The van der Waals surface area contributed by atoms with Crippen molar-refractivity contribution in [2.75, 3.05) is 6.54 Å². The summed E-state index contributed by atoms with van der Waals surface area (Å²) in [6.07, 6.45) is 4.69. The van der Waals surface area contributed by atoms with Crippen molar-refractivity contribution >= 4 is 6.09 Å². The van der Waals surface area contributed by atoms with Gasteiger partial charge in [0.25, 0.3) is 0 Å². The third kappa shape index (κ3) is 3.48. The molecule has 3 rings (SSSR count). The second-order valence-corrected chi connectivity index (χ2v) is 8.20. The van der Waals surface area contributed by atoms with Crippen LogP contribution in [0.2, 0.25) is 0 Å². The lowest BCUT2D eigenvalue weighted by atomic mass is 9.88. The smallest absolute Gasteiger partial charge is 0.410 e. The molecule has 0 aromatic carbocycles. The number of rotatable bonds is 2. The van der Waals surface area contributed by atoms with Gasteiger partial charge in [0, 0.05) is 44.5 Å². The first-order valence-corrected chi connectivity index (χ1v) is 9.06. The topological polar surface area (TPSA) is 65.2 Å². The summed E-state index contributed by atoms with van der Waals surface area (Å²) in [6.45, 7) is 10.4. The van der Waals surface area contributed by atoms with Gasteiger partial charge >= 0.3 is 6.09 Å². The SMILES string of the molecule is Cc1nn(C)cc1C1CCN(C(=O)OC(C)(C)C)C1c1cn(C)nc1C. The molecule has 2 atom stereocenters. The van der Waals surface area contributed by atoms with E-state index in [1.54, 1.807) is 0 Å². The molecule has 26 heavy (non-hydrogen) atoms. The maximum atomic E-state index is 12.9. The predicted molar refractivity (Wildman–Crippen MR) is 98.9 cm³/mol. The summed E-state index contributed by atoms with van der Waals surface area (Å²) < 4.78 is 9.33. The molecule has 1 aliphatic rings. The van der Waals surface area contributed by atoms with E-state index in [4.69, 9.17) is 4.74 Å². The number of ether oxygens (including phenoxy) is 1. The van der Waals surface area contributed by atoms with E-state index >= 15 is 0 Å². The molecule has 1 aliphatic heterocycles. The second kappa shape index (κ2) is 6.45. The number of carbonyl (C=O) groups is 1. The normalized spacial score (nSPS) is 20.7. The quantitative estimate of drug-likeness (QED) is 0.826. The van der Waals surface area contributed by atoms with Gasteiger partial charge in [-0.2, -0.15) is 10.2 Å². The number of carbonyl (C=O) groups excluding carboxylic acids is 1. The molecule has 1 amide bonds. The van der Waals surface area contributed by atoms with E-state index in [2.05, 4.69) is 16.4 Å². The van der Waals surface area contributed by atoms with Crippen LogP contribution in [0.25, 0.3) is 0 Å². The Kier molecular flexibility index (Phi) is 4.58. The Bertz CT molecular complexity index is 814. The van der Waals surface area contributed by atoms with Crippen molar-refractivity contribution in [2.24, 2.45) is 14.1 Å². The largest absolute Gasteiger partial charge is 0.444 e. The Balaban J connectivity index is 2.02. The Hall–Kier alpha value is -2.31. The van der Waals surface area contributed by atoms with Crippen LogP contribution in [0.3, 0.4) is 0 Å². The van der Waals surface area contributed by atoms with E-state index < -0.39 is 5.60 Å². The molecule has 3 heterocycles. The van der Waals surface area contributed by atoms with Gasteiger partial charge in [0.15, 0.2) is 0 Å². The van der Waals surface area contributed by atoms with Gasteiger partial charge in [-0.15, -0.1) is 0 Å². The van der Waals surface area contributed by atoms with Crippen LogP contribution in [-0.4, -0.2) is 42.7 Å². The van der Waals surface area contributed by atoms with Crippen molar-refractivity contribution in [2.45, 2.75) is 58.6 Å². The molecule has 0 bridgehead atoms. The highest BCUT2D eigenvalue weighted by molar-refractivity contribution is 5.70. The van der Waals surface area contributed by atoms with Crippen molar-refractivity contribution in [1.82, 2.24) is 24.5 Å². The molecule has 0 radical (unpaired) electrons. The zero-order valence-electron chi connectivity index (χ0n) is 16.8. The Morgan fingerprint density at radius 3 is 2.08 bits per heavy atom. The van der Waals surface area contributed by atoms with Crippen molar-refractivity contribution in [1.29, 1.82) is 0 Å². The van der Waals surface area contributed by atoms with Crippen LogP contribution in [-0.2, 0) is 18.8 Å². The van der Waals surface area contributed by atoms with E-state index in [9.17, 15) is 4.79 Å². The first-order valence-electron chi connectivity index (χ1n) is 9.06. The number of likely N-dealkylation sites (tertiary alicyclic amines) is 1. The zero-order chi connectivity index (χ0) is 19.2. The monoisotopic (exact) mass is 359 g/mol. The highest BCUT2D eigenvalue weighted by Crippen LogP contribution is 2.45. The number of amides is 1. The van der Waals surface area contributed by atoms with Gasteiger partial charge in [-0.25, -0.2) is 4.79 Å². The minimum absolute atomic E-state index is 0.0959. The van der Waals surface area contributed by atoms with Gasteiger partial charge in [-0.1, -0.05) is 0 Å². The maximum absolute atomic E-state index is 12.9. The van der Waals surface area contributed by atoms with E-state index in [1.807, 2.05) is 69.2 Å². The summed E-state index contributed by atoms with van der Waals surface area (Å²) in [5.74, 6) is 0.180. The van der Waals surface area contributed by atoms with E-state index in [1.165, 1.54) is 5.56 Å². The lowest BCUT2D eigenvalue weighted by molar-refractivity contribution is 0.0217. The molecule has 0 saturated carbocycles. The number of hydrogen-bond donors (Lipinski definition) is 0. The molecular formula is C19H29N5O2. The average Bonchev–Trinajstić information content (AvgIpc) is 3.13. The minimum Gasteiger partial charge on any atom is -0.444 e. The summed E-state index contributed by atoms with van der Waals surface area (Å²) in [6, 6.07) is -0.0959. The first-order chi connectivity index (χ1) is 12.1. The van der Waals surface area contributed by atoms with Crippen LogP contribution < -0.4 is 0 Å². The van der Waals surface area contributed by atoms with Crippen molar-refractivity contribution in [3.05, 3.63) is 34.9 Å². The highest BCUT2D eigenvalue weighted by Gasteiger charge is 2.43. The Labute approximate surface area is 154 Å². The minimum atomic E-state index is -0.520.